The summed E-state index contributed by atoms with van der Waals surface area (Å²) in [4.78, 5) is 17.1. The largest absolute Gasteiger partial charge is 0.379 e. The van der Waals surface area contributed by atoms with Gasteiger partial charge in [-0.3, -0.25) is 9.48 Å². The Morgan fingerprint density at radius 3 is 2.55 bits per heavy atom. The second-order valence-corrected chi connectivity index (χ2v) is 11.4. The van der Waals surface area contributed by atoms with Gasteiger partial charge in [0.2, 0.25) is 10.0 Å². The number of rotatable bonds is 5. The van der Waals surface area contributed by atoms with Gasteiger partial charge < -0.3 is 15.0 Å². The van der Waals surface area contributed by atoms with Gasteiger partial charge in [0.25, 0.3) is 5.91 Å². The molecule has 1 amide bonds. The maximum absolute atomic E-state index is 13.2. The number of anilines is 2. The van der Waals surface area contributed by atoms with Crippen LogP contribution in [-0.2, 0) is 21.8 Å². The monoisotopic (exact) mass is 489 g/mol. The molecular weight excluding hydrogens is 462 g/mol. The Labute approximate surface area is 197 Å². The molecule has 1 N–H and O–H groups in total. The molecule has 0 aliphatic carbocycles. The zero-order valence-electron chi connectivity index (χ0n) is 18.7. The zero-order valence-corrected chi connectivity index (χ0v) is 20.3. The molecule has 33 heavy (non-hydrogen) atoms. The molecule has 5 rings (SSSR count). The molecule has 4 heterocycles. The molecule has 1 aromatic carbocycles. The van der Waals surface area contributed by atoms with Gasteiger partial charge in [-0.15, -0.1) is 11.3 Å². The Balaban J connectivity index is 1.49. The van der Waals surface area contributed by atoms with Crippen LogP contribution in [0.2, 0.25) is 0 Å². The van der Waals surface area contributed by atoms with E-state index in [0.29, 0.717) is 36.9 Å². The molecule has 0 bridgehead atoms. The Kier molecular flexibility index (Phi) is 5.89. The van der Waals surface area contributed by atoms with Crippen LogP contribution in [0.15, 0.2) is 29.2 Å². The highest BCUT2D eigenvalue weighted by Gasteiger charge is 2.28. The van der Waals surface area contributed by atoms with Gasteiger partial charge in [0.05, 0.1) is 40.1 Å². The number of amides is 1. The van der Waals surface area contributed by atoms with E-state index in [0.717, 1.165) is 47.5 Å². The van der Waals surface area contributed by atoms with Crippen LogP contribution in [0.1, 0.15) is 28.2 Å². The van der Waals surface area contributed by atoms with E-state index in [-0.39, 0.29) is 10.8 Å². The first kappa shape index (κ1) is 22.3. The van der Waals surface area contributed by atoms with E-state index in [4.69, 9.17) is 4.74 Å². The molecule has 0 unspecified atom stereocenters. The topological polar surface area (TPSA) is 96.8 Å². The van der Waals surface area contributed by atoms with Crippen molar-refractivity contribution in [2.24, 2.45) is 7.05 Å². The number of thiophene rings is 1. The lowest BCUT2D eigenvalue weighted by Gasteiger charge is -2.27. The maximum Gasteiger partial charge on any atom is 0.265 e. The van der Waals surface area contributed by atoms with Gasteiger partial charge in [-0.05, 0) is 44.0 Å². The van der Waals surface area contributed by atoms with Crippen molar-refractivity contribution in [1.29, 1.82) is 0 Å². The number of morpholine rings is 1. The number of carbonyl (C=O) groups excluding carboxylic acids is 1. The van der Waals surface area contributed by atoms with E-state index < -0.39 is 10.0 Å². The van der Waals surface area contributed by atoms with E-state index in [1.165, 1.54) is 15.6 Å². The number of aryl methyl sites for hydroxylation is 2. The number of aromatic nitrogens is 2. The lowest BCUT2D eigenvalue weighted by atomic mass is 10.2. The van der Waals surface area contributed by atoms with Crippen molar-refractivity contribution >= 4 is 48.9 Å². The standard InChI is InChI=1S/C22H27N5O4S2/c1-15-17-14-20(32-22(17)25(2)24-15)21(28)23-18-13-16(5-6-19(18)26-7-3-4-8-26)33(29,30)27-9-11-31-12-10-27/h5-6,13-14H,3-4,7-12H2,1-2H3,(H,23,28). The van der Waals surface area contributed by atoms with Crippen LogP contribution >= 0.6 is 11.3 Å². The van der Waals surface area contributed by atoms with E-state index in [9.17, 15) is 13.2 Å². The van der Waals surface area contributed by atoms with Gasteiger partial charge >= 0.3 is 0 Å². The van der Waals surface area contributed by atoms with Crippen molar-refractivity contribution in [3.8, 4) is 0 Å². The summed E-state index contributed by atoms with van der Waals surface area (Å²) in [5.41, 5.74) is 2.24. The minimum atomic E-state index is -3.67. The number of sulfonamides is 1. The fraction of sp³-hybridized carbons (Fsp3) is 0.455. The Hall–Kier alpha value is -2.47. The van der Waals surface area contributed by atoms with Gasteiger partial charge in [0.15, 0.2) is 0 Å². The first-order chi connectivity index (χ1) is 15.8. The van der Waals surface area contributed by atoms with Crippen molar-refractivity contribution in [2.45, 2.75) is 24.7 Å². The van der Waals surface area contributed by atoms with Gasteiger partial charge in [-0.2, -0.15) is 9.40 Å². The van der Waals surface area contributed by atoms with Gasteiger partial charge in [-0.25, -0.2) is 8.42 Å². The third-order valence-corrected chi connectivity index (χ3v) is 9.29. The number of hydrogen-bond donors (Lipinski definition) is 1. The minimum Gasteiger partial charge on any atom is -0.379 e. The molecular formula is C22H27N5O4S2. The first-order valence-corrected chi connectivity index (χ1v) is 13.3. The number of ether oxygens (including phenoxy) is 1. The Bertz CT molecular complexity index is 1270. The summed E-state index contributed by atoms with van der Waals surface area (Å²) < 4.78 is 35.0. The summed E-state index contributed by atoms with van der Waals surface area (Å²) in [6.45, 7) is 5.10. The van der Waals surface area contributed by atoms with Crippen molar-refractivity contribution < 1.29 is 17.9 Å². The minimum absolute atomic E-state index is 0.180. The highest BCUT2D eigenvalue weighted by atomic mass is 32.2. The Morgan fingerprint density at radius 1 is 1.12 bits per heavy atom. The predicted octanol–water partition coefficient (Wildman–Crippen LogP) is 2.82. The van der Waals surface area contributed by atoms with Crippen LogP contribution in [-0.4, -0.2) is 67.8 Å². The molecule has 0 radical (unpaired) electrons. The second-order valence-electron chi connectivity index (χ2n) is 8.38. The van der Waals surface area contributed by atoms with Crippen LogP contribution in [0.4, 0.5) is 11.4 Å². The van der Waals surface area contributed by atoms with Crippen LogP contribution in [0.25, 0.3) is 10.2 Å². The number of hydrogen-bond acceptors (Lipinski definition) is 7. The lowest BCUT2D eigenvalue weighted by molar-refractivity contribution is 0.0730. The summed E-state index contributed by atoms with van der Waals surface area (Å²) >= 11 is 1.38. The van der Waals surface area contributed by atoms with E-state index in [2.05, 4.69) is 15.3 Å². The van der Waals surface area contributed by atoms with Gasteiger partial charge in [0.1, 0.15) is 4.83 Å². The first-order valence-electron chi connectivity index (χ1n) is 11.1. The molecule has 2 fully saturated rings. The quantitative estimate of drug-likeness (QED) is 0.592. The lowest BCUT2D eigenvalue weighted by Crippen LogP contribution is -2.40. The van der Waals surface area contributed by atoms with Gasteiger partial charge in [-0.1, -0.05) is 0 Å². The molecule has 11 heteroatoms. The molecule has 3 aromatic rings. The van der Waals surface area contributed by atoms with Crippen molar-refractivity contribution in [1.82, 2.24) is 14.1 Å². The summed E-state index contributed by atoms with van der Waals surface area (Å²) in [6, 6.07) is 6.90. The number of nitrogens with zero attached hydrogens (tertiary/aromatic N) is 4. The number of carbonyl (C=O) groups is 1. The highest BCUT2D eigenvalue weighted by Crippen LogP contribution is 2.34. The summed E-state index contributed by atoms with van der Waals surface area (Å²) in [7, 11) is -1.81. The fourth-order valence-corrected chi connectivity index (χ4v) is 6.90. The van der Waals surface area contributed by atoms with Crippen LogP contribution in [0.3, 0.4) is 0 Å². The summed E-state index contributed by atoms with van der Waals surface area (Å²) in [5, 5.41) is 8.35. The van der Waals surface area contributed by atoms with Crippen LogP contribution in [0.5, 0.6) is 0 Å². The normalized spacial score (nSPS) is 17.7. The molecule has 2 aromatic heterocycles. The van der Waals surface area contributed by atoms with Crippen molar-refractivity contribution in [2.75, 3.05) is 49.6 Å². The number of nitrogens with one attached hydrogen (secondary N) is 1. The molecule has 2 saturated heterocycles. The molecule has 0 spiro atoms. The van der Waals surface area contributed by atoms with Crippen molar-refractivity contribution in [3.63, 3.8) is 0 Å². The number of benzene rings is 1. The van der Waals surface area contributed by atoms with Crippen molar-refractivity contribution in [3.05, 3.63) is 34.8 Å². The average Bonchev–Trinajstić information content (AvgIpc) is 3.54. The SMILES string of the molecule is Cc1nn(C)c2sc(C(=O)Nc3cc(S(=O)(=O)N4CCOCC4)ccc3N3CCCC3)cc12. The molecule has 0 atom stereocenters. The average molecular weight is 490 g/mol. The van der Waals surface area contributed by atoms with Gasteiger partial charge in [0, 0.05) is 38.6 Å². The smallest absolute Gasteiger partial charge is 0.265 e. The second kappa shape index (κ2) is 8.71. The van der Waals surface area contributed by atoms with E-state index in [1.54, 1.807) is 16.8 Å². The predicted molar refractivity (Wildman–Crippen MR) is 129 cm³/mol. The maximum atomic E-state index is 13.2. The fourth-order valence-electron chi connectivity index (χ4n) is 4.45. The third kappa shape index (κ3) is 4.14. The van der Waals surface area contributed by atoms with E-state index in [1.807, 2.05) is 26.1 Å². The number of fused-ring (bicyclic) bond motifs is 1. The third-order valence-electron chi connectivity index (χ3n) is 6.19. The summed E-state index contributed by atoms with van der Waals surface area (Å²) in [6.07, 6.45) is 2.15. The van der Waals surface area contributed by atoms with E-state index >= 15 is 0 Å². The molecule has 176 valence electrons. The van der Waals surface area contributed by atoms with Crippen LogP contribution < -0.4 is 10.2 Å². The summed E-state index contributed by atoms with van der Waals surface area (Å²) in [5.74, 6) is -0.253. The highest BCUT2D eigenvalue weighted by molar-refractivity contribution is 7.89. The molecule has 2 aliphatic heterocycles. The Morgan fingerprint density at radius 2 is 1.85 bits per heavy atom. The van der Waals surface area contributed by atoms with Crippen LogP contribution in [0, 0.1) is 6.92 Å². The molecule has 0 saturated carbocycles. The zero-order chi connectivity index (χ0) is 23.2. The molecule has 9 nitrogen and oxygen atoms in total. The molecule has 2 aliphatic rings.